The Bertz CT molecular complexity index is 412. The second-order valence-corrected chi connectivity index (χ2v) is 7.51. The predicted molar refractivity (Wildman–Crippen MR) is 120 cm³/mol. The van der Waals surface area contributed by atoms with E-state index < -0.39 is 0 Å². The lowest BCUT2D eigenvalue weighted by molar-refractivity contribution is -0.00255. The van der Waals surface area contributed by atoms with Gasteiger partial charge in [0.05, 0.1) is 19.8 Å². The zero-order valence-corrected chi connectivity index (χ0v) is 19.6. The van der Waals surface area contributed by atoms with E-state index in [0.29, 0.717) is 5.92 Å². The van der Waals surface area contributed by atoms with Gasteiger partial charge in [0.2, 0.25) is 0 Å². The molecular weight excluding hydrogens is 459 g/mol. The standard InChI is InChI=1S/C19H38N4O3.HI/c1-4-20-18(21-9-5-10-25-14-17-6-11-26-15-17)22-16-19(23(2)3)7-12-24-13-8-19;/h17H,4-16H2,1-3H3,(H2,20,21,22);1H. The maximum Gasteiger partial charge on any atom is 0.191 e. The fraction of sp³-hybridized carbons (Fsp3) is 0.947. The van der Waals surface area contributed by atoms with E-state index in [4.69, 9.17) is 19.2 Å². The Balaban J connectivity index is 0.00000364. The molecule has 7 nitrogen and oxygen atoms in total. The summed E-state index contributed by atoms with van der Waals surface area (Å²) in [5.41, 5.74) is 0.104. The quantitative estimate of drug-likeness (QED) is 0.207. The molecule has 0 amide bonds. The maximum atomic E-state index is 5.76. The normalized spacial score (nSPS) is 22.5. The summed E-state index contributed by atoms with van der Waals surface area (Å²) in [6.07, 6.45) is 4.17. The number of likely N-dealkylation sites (N-methyl/N-ethyl adjacent to an activating group) is 1. The van der Waals surface area contributed by atoms with Crippen LogP contribution in [-0.4, -0.2) is 89.8 Å². The smallest absolute Gasteiger partial charge is 0.191 e. The molecule has 0 aromatic rings. The highest BCUT2D eigenvalue weighted by Crippen LogP contribution is 2.26. The van der Waals surface area contributed by atoms with Gasteiger partial charge in [0, 0.05) is 51.0 Å². The zero-order valence-electron chi connectivity index (χ0n) is 17.3. The monoisotopic (exact) mass is 498 g/mol. The fourth-order valence-electron chi connectivity index (χ4n) is 3.41. The number of hydrogen-bond donors (Lipinski definition) is 2. The summed E-state index contributed by atoms with van der Waals surface area (Å²) in [4.78, 5) is 7.16. The van der Waals surface area contributed by atoms with E-state index in [2.05, 4.69) is 36.6 Å². The molecule has 0 aromatic carbocycles. The molecule has 0 bridgehead atoms. The molecule has 0 saturated carbocycles. The van der Waals surface area contributed by atoms with Crippen LogP contribution in [0, 0.1) is 5.92 Å². The highest BCUT2D eigenvalue weighted by atomic mass is 127. The van der Waals surface area contributed by atoms with Gasteiger partial charge in [-0.3, -0.25) is 4.99 Å². The molecule has 0 aromatic heterocycles. The zero-order chi connectivity index (χ0) is 18.7. The first-order chi connectivity index (χ1) is 12.7. The molecule has 1 atom stereocenters. The van der Waals surface area contributed by atoms with E-state index >= 15 is 0 Å². The SMILES string of the molecule is CCNC(=NCC1(N(C)C)CCOCC1)NCCCOCC1CCOC1.I. The maximum absolute atomic E-state index is 5.76. The Kier molecular flexibility index (Phi) is 12.8. The van der Waals surface area contributed by atoms with Crippen molar-refractivity contribution in [2.24, 2.45) is 10.9 Å². The van der Waals surface area contributed by atoms with Crippen molar-refractivity contribution in [3.63, 3.8) is 0 Å². The van der Waals surface area contributed by atoms with Crippen molar-refractivity contribution in [2.75, 3.05) is 73.4 Å². The van der Waals surface area contributed by atoms with E-state index in [-0.39, 0.29) is 29.5 Å². The number of guanidine groups is 1. The van der Waals surface area contributed by atoms with Crippen LogP contribution in [-0.2, 0) is 14.2 Å². The van der Waals surface area contributed by atoms with Crippen LogP contribution in [0.4, 0.5) is 0 Å². The van der Waals surface area contributed by atoms with Gasteiger partial charge >= 0.3 is 0 Å². The number of nitrogens with zero attached hydrogens (tertiary/aromatic N) is 2. The number of rotatable bonds is 10. The minimum Gasteiger partial charge on any atom is -0.381 e. The first kappa shape index (κ1) is 24.9. The van der Waals surface area contributed by atoms with Crippen LogP contribution >= 0.6 is 24.0 Å². The Morgan fingerprint density at radius 2 is 1.96 bits per heavy atom. The molecule has 2 aliphatic rings. The molecule has 0 aliphatic carbocycles. The Labute approximate surface area is 182 Å². The van der Waals surface area contributed by atoms with Crippen LogP contribution in [0.3, 0.4) is 0 Å². The van der Waals surface area contributed by atoms with Gasteiger partial charge in [-0.05, 0) is 46.7 Å². The van der Waals surface area contributed by atoms with Gasteiger partial charge in [0.1, 0.15) is 0 Å². The minimum absolute atomic E-state index is 0. The van der Waals surface area contributed by atoms with Crippen molar-refractivity contribution in [2.45, 2.75) is 38.1 Å². The van der Waals surface area contributed by atoms with Gasteiger partial charge in [-0.2, -0.15) is 0 Å². The molecule has 1 unspecified atom stereocenters. The largest absolute Gasteiger partial charge is 0.381 e. The lowest BCUT2D eigenvalue weighted by Gasteiger charge is -2.41. The van der Waals surface area contributed by atoms with Gasteiger partial charge in [-0.15, -0.1) is 24.0 Å². The molecule has 27 heavy (non-hydrogen) atoms. The van der Waals surface area contributed by atoms with Crippen molar-refractivity contribution in [3.05, 3.63) is 0 Å². The predicted octanol–water partition coefficient (Wildman–Crippen LogP) is 1.71. The van der Waals surface area contributed by atoms with Crippen molar-refractivity contribution >= 4 is 29.9 Å². The number of aliphatic imine (C=N–C) groups is 1. The molecule has 2 N–H and O–H groups in total. The van der Waals surface area contributed by atoms with Gasteiger partial charge in [0.15, 0.2) is 5.96 Å². The molecule has 0 spiro atoms. The van der Waals surface area contributed by atoms with Gasteiger partial charge < -0.3 is 29.7 Å². The van der Waals surface area contributed by atoms with Crippen LogP contribution in [0.2, 0.25) is 0 Å². The summed E-state index contributed by atoms with van der Waals surface area (Å²) < 4.78 is 16.7. The van der Waals surface area contributed by atoms with Crippen molar-refractivity contribution in [1.82, 2.24) is 15.5 Å². The van der Waals surface area contributed by atoms with Crippen molar-refractivity contribution in [1.29, 1.82) is 0 Å². The second kappa shape index (κ2) is 13.9. The first-order valence-corrected chi connectivity index (χ1v) is 10.1. The molecule has 0 radical (unpaired) electrons. The third kappa shape index (κ3) is 8.81. The topological polar surface area (TPSA) is 67.4 Å². The average Bonchev–Trinajstić information content (AvgIpc) is 3.16. The molecule has 160 valence electrons. The summed E-state index contributed by atoms with van der Waals surface area (Å²) in [5, 5.41) is 6.78. The van der Waals surface area contributed by atoms with E-state index in [1.807, 2.05) is 0 Å². The highest BCUT2D eigenvalue weighted by molar-refractivity contribution is 14.0. The van der Waals surface area contributed by atoms with E-state index in [1.165, 1.54) is 0 Å². The summed E-state index contributed by atoms with van der Waals surface area (Å²) in [6.45, 7) is 9.60. The molecule has 2 heterocycles. The van der Waals surface area contributed by atoms with Crippen LogP contribution < -0.4 is 10.6 Å². The van der Waals surface area contributed by atoms with Crippen molar-refractivity contribution in [3.8, 4) is 0 Å². The summed E-state index contributed by atoms with van der Waals surface area (Å²) in [6, 6.07) is 0. The van der Waals surface area contributed by atoms with Gasteiger partial charge in [-0.1, -0.05) is 0 Å². The van der Waals surface area contributed by atoms with Gasteiger partial charge in [-0.25, -0.2) is 0 Å². The number of hydrogen-bond acceptors (Lipinski definition) is 5. The molecule has 2 aliphatic heterocycles. The Morgan fingerprint density at radius 3 is 2.59 bits per heavy atom. The van der Waals surface area contributed by atoms with Crippen molar-refractivity contribution < 1.29 is 14.2 Å². The third-order valence-electron chi connectivity index (χ3n) is 5.38. The minimum atomic E-state index is 0. The molecular formula is C19H39IN4O3. The van der Waals surface area contributed by atoms with Crippen LogP contribution in [0.25, 0.3) is 0 Å². The number of nitrogens with one attached hydrogen (secondary N) is 2. The van der Waals surface area contributed by atoms with Crippen LogP contribution in [0.15, 0.2) is 4.99 Å². The number of halogens is 1. The van der Waals surface area contributed by atoms with Crippen LogP contribution in [0.1, 0.15) is 32.6 Å². The molecule has 8 heteroatoms. The summed E-state index contributed by atoms with van der Waals surface area (Å²) >= 11 is 0. The molecule has 2 fully saturated rings. The molecule has 2 saturated heterocycles. The summed E-state index contributed by atoms with van der Waals surface area (Å²) in [5.74, 6) is 1.48. The molecule has 2 rings (SSSR count). The van der Waals surface area contributed by atoms with E-state index in [9.17, 15) is 0 Å². The van der Waals surface area contributed by atoms with Crippen LogP contribution in [0.5, 0.6) is 0 Å². The Morgan fingerprint density at radius 1 is 1.19 bits per heavy atom. The lowest BCUT2D eigenvalue weighted by atomic mass is 9.89. The number of ether oxygens (including phenoxy) is 3. The summed E-state index contributed by atoms with van der Waals surface area (Å²) in [7, 11) is 4.29. The lowest BCUT2D eigenvalue weighted by Crippen LogP contribution is -2.51. The van der Waals surface area contributed by atoms with Gasteiger partial charge in [0.25, 0.3) is 0 Å². The highest BCUT2D eigenvalue weighted by Gasteiger charge is 2.34. The fourth-order valence-corrected chi connectivity index (χ4v) is 3.41. The Hall–Kier alpha value is -0.160. The third-order valence-corrected chi connectivity index (χ3v) is 5.38. The average molecular weight is 498 g/mol. The van der Waals surface area contributed by atoms with E-state index in [1.54, 1.807) is 0 Å². The van der Waals surface area contributed by atoms with E-state index in [0.717, 1.165) is 90.9 Å². The first-order valence-electron chi connectivity index (χ1n) is 10.1. The second-order valence-electron chi connectivity index (χ2n) is 7.51.